The number of rotatable bonds is 4. The zero-order valence-electron chi connectivity index (χ0n) is 11.3. The van der Waals surface area contributed by atoms with Crippen LogP contribution in [0.25, 0.3) is 0 Å². The highest BCUT2D eigenvalue weighted by molar-refractivity contribution is 9.11. The predicted octanol–water partition coefficient (Wildman–Crippen LogP) is 4.53. The number of thiophene rings is 1. The molecule has 20 heavy (non-hydrogen) atoms. The molecule has 2 atom stereocenters. The molecule has 0 amide bonds. The Bertz CT molecular complexity index is 581. The van der Waals surface area contributed by atoms with Gasteiger partial charge in [0.2, 0.25) is 0 Å². The van der Waals surface area contributed by atoms with Crippen molar-refractivity contribution in [2.45, 2.75) is 37.6 Å². The molecule has 0 spiro atoms. The first-order valence-electron chi connectivity index (χ1n) is 7.06. The molecule has 2 nitrogen and oxygen atoms in total. The second-order valence-corrected chi connectivity index (χ2v) is 7.72. The summed E-state index contributed by atoms with van der Waals surface area (Å²) in [7, 11) is 0. The van der Waals surface area contributed by atoms with Crippen LogP contribution in [0.5, 0.6) is 0 Å². The second-order valence-electron chi connectivity index (χ2n) is 5.43. The largest absolute Gasteiger partial charge is 0.271 e. The van der Waals surface area contributed by atoms with Crippen molar-refractivity contribution in [1.29, 1.82) is 0 Å². The Labute approximate surface area is 132 Å². The van der Waals surface area contributed by atoms with Gasteiger partial charge in [-0.3, -0.25) is 11.3 Å². The number of nitrogens with two attached hydrogens (primary N) is 1. The van der Waals surface area contributed by atoms with E-state index < -0.39 is 0 Å². The van der Waals surface area contributed by atoms with Crippen LogP contribution in [-0.4, -0.2) is 0 Å². The summed E-state index contributed by atoms with van der Waals surface area (Å²) < 4.78 is 1.16. The van der Waals surface area contributed by atoms with E-state index in [4.69, 9.17) is 5.84 Å². The molecule has 1 heterocycles. The Morgan fingerprint density at radius 2 is 2.25 bits per heavy atom. The van der Waals surface area contributed by atoms with E-state index in [1.54, 1.807) is 11.3 Å². The Morgan fingerprint density at radius 1 is 1.40 bits per heavy atom. The van der Waals surface area contributed by atoms with Crippen LogP contribution in [0.15, 0.2) is 39.5 Å². The summed E-state index contributed by atoms with van der Waals surface area (Å²) in [5.74, 6) is 6.40. The van der Waals surface area contributed by atoms with Gasteiger partial charge in [0, 0.05) is 6.04 Å². The maximum Gasteiger partial charge on any atom is 0.0701 e. The molecule has 1 aliphatic rings. The number of hydrazine groups is 1. The lowest BCUT2D eigenvalue weighted by atomic mass is 9.79. The molecule has 2 aromatic rings. The fraction of sp³-hybridized carbons (Fsp3) is 0.375. The fourth-order valence-corrected chi connectivity index (χ4v) is 4.42. The molecule has 0 fully saturated rings. The van der Waals surface area contributed by atoms with Crippen molar-refractivity contribution in [3.05, 3.63) is 56.2 Å². The zero-order valence-corrected chi connectivity index (χ0v) is 13.7. The van der Waals surface area contributed by atoms with Gasteiger partial charge < -0.3 is 0 Å². The van der Waals surface area contributed by atoms with Crippen LogP contribution in [0.4, 0.5) is 0 Å². The lowest BCUT2D eigenvalue weighted by molar-refractivity contribution is 0.426. The Hall–Kier alpha value is -0.680. The number of aryl methyl sites for hydroxylation is 1. The van der Waals surface area contributed by atoms with Crippen LogP contribution in [0.1, 0.15) is 47.9 Å². The first kappa shape index (κ1) is 14.3. The van der Waals surface area contributed by atoms with Crippen molar-refractivity contribution in [1.82, 2.24) is 5.43 Å². The Kier molecular flexibility index (Phi) is 4.56. The van der Waals surface area contributed by atoms with Crippen molar-refractivity contribution in [2.24, 2.45) is 5.84 Å². The highest BCUT2D eigenvalue weighted by atomic mass is 79.9. The number of halogens is 1. The number of benzene rings is 1. The topological polar surface area (TPSA) is 38.0 Å². The van der Waals surface area contributed by atoms with Gasteiger partial charge in [-0.25, -0.2) is 0 Å². The van der Waals surface area contributed by atoms with Crippen LogP contribution in [-0.2, 0) is 6.42 Å². The molecular formula is C16H19BrN2S. The van der Waals surface area contributed by atoms with Crippen molar-refractivity contribution >= 4 is 27.3 Å². The lowest BCUT2D eigenvalue weighted by Crippen LogP contribution is -2.29. The summed E-state index contributed by atoms with van der Waals surface area (Å²) in [4.78, 5) is 0. The minimum atomic E-state index is 0.230. The van der Waals surface area contributed by atoms with E-state index in [-0.39, 0.29) is 6.04 Å². The smallest absolute Gasteiger partial charge is 0.0701 e. The molecule has 1 aromatic heterocycles. The van der Waals surface area contributed by atoms with Gasteiger partial charge in [-0.15, -0.1) is 11.3 Å². The highest BCUT2D eigenvalue weighted by Gasteiger charge is 2.24. The van der Waals surface area contributed by atoms with E-state index >= 15 is 0 Å². The highest BCUT2D eigenvalue weighted by Crippen LogP contribution is 2.38. The summed E-state index contributed by atoms with van der Waals surface area (Å²) in [6.45, 7) is 0. The molecule has 0 radical (unpaired) electrons. The molecule has 3 N–H and O–H groups in total. The van der Waals surface area contributed by atoms with E-state index in [1.165, 1.54) is 36.0 Å². The minimum Gasteiger partial charge on any atom is -0.271 e. The van der Waals surface area contributed by atoms with Crippen LogP contribution >= 0.6 is 27.3 Å². The van der Waals surface area contributed by atoms with E-state index in [1.807, 2.05) is 0 Å². The van der Waals surface area contributed by atoms with Gasteiger partial charge >= 0.3 is 0 Å². The molecule has 0 bridgehead atoms. The number of fused-ring (bicyclic) bond motifs is 1. The number of hydrogen-bond acceptors (Lipinski definition) is 3. The minimum absolute atomic E-state index is 0.230. The molecule has 0 saturated carbocycles. The van der Waals surface area contributed by atoms with Crippen LogP contribution < -0.4 is 11.3 Å². The van der Waals surface area contributed by atoms with Crippen molar-refractivity contribution in [2.75, 3.05) is 0 Å². The molecule has 4 heteroatoms. The van der Waals surface area contributed by atoms with Gasteiger partial charge in [-0.05, 0) is 75.7 Å². The first-order chi connectivity index (χ1) is 9.78. The molecule has 3 rings (SSSR count). The molecule has 0 saturated heterocycles. The predicted molar refractivity (Wildman–Crippen MR) is 88.8 cm³/mol. The van der Waals surface area contributed by atoms with Crippen molar-refractivity contribution < 1.29 is 0 Å². The summed E-state index contributed by atoms with van der Waals surface area (Å²) >= 11 is 5.25. The average molecular weight is 351 g/mol. The fourth-order valence-electron chi connectivity index (χ4n) is 3.19. The third kappa shape index (κ3) is 2.98. The summed E-state index contributed by atoms with van der Waals surface area (Å²) in [5, 5.41) is 2.18. The van der Waals surface area contributed by atoms with Gasteiger partial charge in [0.1, 0.15) is 0 Å². The van der Waals surface area contributed by atoms with Gasteiger partial charge in [-0.2, -0.15) is 0 Å². The van der Waals surface area contributed by atoms with E-state index in [0.29, 0.717) is 5.92 Å². The zero-order chi connectivity index (χ0) is 13.9. The maximum absolute atomic E-state index is 5.79. The Morgan fingerprint density at radius 3 is 3.00 bits per heavy atom. The molecule has 106 valence electrons. The first-order valence-corrected chi connectivity index (χ1v) is 8.73. The van der Waals surface area contributed by atoms with E-state index in [2.05, 4.69) is 57.1 Å². The maximum atomic E-state index is 5.79. The monoisotopic (exact) mass is 350 g/mol. The van der Waals surface area contributed by atoms with Gasteiger partial charge in [-0.1, -0.05) is 24.3 Å². The standard InChI is InChI=1S/C16H19BrN2S/c17-16-9-13(10-20-16)15(19-18)8-12-6-3-5-11-4-1-2-7-14(11)12/h1-2,4,7,9-10,12,15,19H,3,5-6,8,18H2. The van der Waals surface area contributed by atoms with Crippen molar-refractivity contribution in [3.8, 4) is 0 Å². The van der Waals surface area contributed by atoms with E-state index in [9.17, 15) is 0 Å². The van der Waals surface area contributed by atoms with Crippen LogP contribution in [0, 0.1) is 0 Å². The molecule has 1 aromatic carbocycles. The van der Waals surface area contributed by atoms with Crippen LogP contribution in [0.2, 0.25) is 0 Å². The molecular weight excluding hydrogens is 332 g/mol. The molecule has 1 aliphatic carbocycles. The van der Waals surface area contributed by atoms with Crippen molar-refractivity contribution in [3.63, 3.8) is 0 Å². The second kappa shape index (κ2) is 6.39. The van der Waals surface area contributed by atoms with Gasteiger partial charge in [0.05, 0.1) is 3.79 Å². The quantitative estimate of drug-likeness (QED) is 0.628. The molecule has 2 unspecified atom stereocenters. The molecule has 0 aliphatic heterocycles. The Balaban J connectivity index is 1.80. The number of hydrogen-bond donors (Lipinski definition) is 2. The normalized spacial score (nSPS) is 19.6. The number of nitrogens with one attached hydrogen (secondary N) is 1. The van der Waals surface area contributed by atoms with Gasteiger partial charge in [0.25, 0.3) is 0 Å². The SMILES string of the molecule is NNC(CC1CCCc2ccccc21)c1csc(Br)c1. The third-order valence-corrected chi connectivity index (χ3v) is 5.73. The summed E-state index contributed by atoms with van der Waals surface area (Å²) in [6.07, 6.45) is 4.83. The summed E-state index contributed by atoms with van der Waals surface area (Å²) in [5.41, 5.74) is 7.32. The lowest BCUT2D eigenvalue weighted by Gasteiger charge is -2.28. The van der Waals surface area contributed by atoms with E-state index in [0.717, 1.165) is 10.2 Å². The van der Waals surface area contributed by atoms with Gasteiger partial charge in [0.15, 0.2) is 0 Å². The van der Waals surface area contributed by atoms with Crippen LogP contribution in [0.3, 0.4) is 0 Å². The third-order valence-electron chi connectivity index (χ3n) is 4.21. The average Bonchev–Trinajstić information content (AvgIpc) is 2.91. The summed E-state index contributed by atoms with van der Waals surface area (Å²) in [6, 6.07) is 11.3.